The lowest BCUT2D eigenvalue weighted by Crippen LogP contribution is -2.47. The molecule has 0 saturated carbocycles. The van der Waals surface area contributed by atoms with Crippen molar-refractivity contribution in [3.63, 3.8) is 0 Å². The van der Waals surface area contributed by atoms with Gasteiger partial charge in [-0.3, -0.25) is 9.89 Å². The first-order chi connectivity index (χ1) is 13.7. The fourth-order valence-corrected chi connectivity index (χ4v) is 2.72. The van der Waals surface area contributed by atoms with E-state index in [9.17, 15) is 27.2 Å². The van der Waals surface area contributed by atoms with Crippen LogP contribution in [0.5, 0.6) is 0 Å². The molecule has 0 saturated heterocycles. The maximum absolute atomic E-state index is 14.7. The van der Waals surface area contributed by atoms with E-state index >= 15 is 0 Å². The van der Waals surface area contributed by atoms with Crippen molar-refractivity contribution >= 4 is 17.7 Å². The van der Waals surface area contributed by atoms with Crippen molar-refractivity contribution in [2.75, 3.05) is 5.32 Å². The van der Waals surface area contributed by atoms with Gasteiger partial charge in [0, 0.05) is 23.9 Å². The van der Waals surface area contributed by atoms with E-state index in [-0.39, 0.29) is 17.7 Å². The normalized spacial score (nSPS) is 14.0. The van der Waals surface area contributed by atoms with E-state index in [0.29, 0.717) is 5.69 Å². The molecule has 7 nitrogen and oxygen atoms in total. The molecule has 0 aliphatic heterocycles. The Morgan fingerprint density at radius 1 is 1.13 bits per heavy atom. The zero-order chi connectivity index (χ0) is 22.7. The van der Waals surface area contributed by atoms with E-state index in [1.165, 1.54) is 13.1 Å². The Morgan fingerprint density at radius 2 is 1.80 bits per heavy atom. The van der Waals surface area contributed by atoms with Crippen molar-refractivity contribution in [3.8, 4) is 0 Å². The van der Waals surface area contributed by atoms with Crippen LogP contribution in [0.25, 0.3) is 0 Å². The molecule has 2 aromatic rings. The topological polar surface area (TPSA) is 96.1 Å². The van der Waals surface area contributed by atoms with E-state index in [2.05, 4.69) is 15.5 Å². The van der Waals surface area contributed by atoms with Gasteiger partial charge < -0.3 is 15.4 Å². The van der Waals surface area contributed by atoms with Crippen molar-refractivity contribution in [1.82, 2.24) is 15.5 Å². The third-order valence-electron chi connectivity index (χ3n) is 3.95. The number of anilines is 1. The third-order valence-corrected chi connectivity index (χ3v) is 3.95. The highest BCUT2D eigenvalue weighted by molar-refractivity contribution is 5.95. The molecule has 11 heteroatoms. The Kier molecular flexibility index (Phi) is 6.43. The number of carbonyl (C=O) groups excluding carboxylic acids is 2. The number of nitrogens with zero attached hydrogens (tertiary/aromatic N) is 1. The molecule has 0 radical (unpaired) electrons. The largest absolute Gasteiger partial charge is 0.471 e. The van der Waals surface area contributed by atoms with Crippen LogP contribution in [0.4, 0.5) is 28.0 Å². The number of hydrogen-bond donors (Lipinski definition) is 3. The first-order valence-electron chi connectivity index (χ1n) is 8.88. The molecule has 30 heavy (non-hydrogen) atoms. The third kappa shape index (κ3) is 6.19. The monoisotopic (exact) mass is 430 g/mol. The van der Waals surface area contributed by atoms with Crippen LogP contribution in [0.2, 0.25) is 0 Å². The van der Waals surface area contributed by atoms with Gasteiger partial charge in [0.1, 0.15) is 11.4 Å². The molecule has 2 amide bonds. The van der Waals surface area contributed by atoms with Crippen LogP contribution in [0.15, 0.2) is 30.5 Å². The van der Waals surface area contributed by atoms with Gasteiger partial charge in [-0.1, -0.05) is 0 Å². The van der Waals surface area contributed by atoms with Crippen LogP contribution in [0, 0.1) is 5.82 Å². The lowest BCUT2D eigenvalue weighted by molar-refractivity contribution is -0.167. The molecule has 0 unspecified atom stereocenters. The van der Waals surface area contributed by atoms with Crippen LogP contribution in [-0.2, 0) is 21.5 Å². The van der Waals surface area contributed by atoms with Crippen LogP contribution in [0.3, 0.4) is 0 Å². The molecule has 1 aromatic carbocycles. The molecule has 1 heterocycles. The average molecular weight is 430 g/mol. The second-order valence-corrected chi connectivity index (χ2v) is 7.85. The number of hydrogen-bond acceptors (Lipinski definition) is 4. The summed E-state index contributed by atoms with van der Waals surface area (Å²) in [5.74, 6) is -3.00. The highest BCUT2D eigenvalue weighted by atomic mass is 19.4. The summed E-state index contributed by atoms with van der Waals surface area (Å²) in [5, 5.41) is 10.8. The summed E-state index contributed by atoms with van der Waals surface area (Å²) in [5.41, 5.74) is -2.28. The summed E-state index contributed by atoms with van der Waals surface area (Å²) in [6.07, 6.45) is -4.45. The Bertz CT molecular complexity index is 907. The second kappa shape index (κ2) is 8.33. The van der Waals surface area contributed by atoms with Gasteiger partial charge in [0.25, 0.3) is 0 Å². The van der Waals surface area contributed by atoms with E-state index in [0.717, 1.165) is 18.2 Å². The van der Waals surface area contributed by atoms with Gasteiger partial charge in [-0.05, 0) is 52.0 Å². The Hall–Kier alpha value is -3.11. The quantitative estimate of drug-likeness (QED) is 0.624. The van der Waals surface area contributed by atoms with Gasteiger partial charge in [-0.15, -0.1) is 0 Å². The van der Waals surface area contributed by atoms with Gasteiger partial charge in [0.05, 0.1) is 11.2 Å². The minimum atomic E-state index is -5.11. The molecule has 0 aliphatic carbocycles. The number of alkyl halides is 3. The summed E-state index contributed by atoms with van der Waals surface area (Å²) in [6, 6.07) is 4.52. The molecule has 164 valence electrons. The Balaban J connectivity index is 2.43. The summed E-state index contributed by atoms with van der Waals surface area (Å²) in [6.45, 7) is 6.40. The number of H-pyrrole nitrogens is 1. The zero-order valence-corrected chi connectivity index (χ0v) is 16.8. The summed E-state index contributed by atoms with van der Waals surface area (Å²) in [4.78, 5) is 23.6. The fraction of sp³-hybridized carbons (Fsp3) is 0.421. The van der Waals surface area contributed by atoms with Gasteiger partial charge in [-0.2, -0.15) is 18.3 Å². The maximum Gasteiger partial charge on any atom is 0.471 e. The van der Waals surface area contributed by atoms with E-state index < -0.39 is 35.1 Å². The standard InChI is InChI=1S/C19H22F4N4O3/c1-17(2,3)30-16(29)26-18(4,10-12-7-8-24-27-12)13-9-11(5-6-14(13)20)25-15(28)19(21,22)23/h5-9H,10H2,1-4H3,(H,24,27)(H,25,28)(H,26,29)/t18-/m0/s1. The summed E-state index contributed by atoms with van der Waals surface area (Å²) >= 11 is 0. The SMILES string of the molecule is CC(C)(C)OC(=O)N[C@@](C)(Cc1cc[nH]n1)c1cc(NC(=O)C(F)(F)F)ccc1F. The van der Waals surface area contributed by atoms with E-state index in [1.54, 1.807) is 32.2 Å². The maximum atomic E-state index is 14.7. The first kappa shape index (κ1) is 23.2. The number of nitrogens with one attached hydrogen (secondary N) is 3. The predicted octanol–water partition coefficient (Wildman–Crippen LogP) is 4.03. The van der Waals surface area contributed by atoms with Gasteiger partial charge in [0.15, 0.2) is 0 Å². The van der Waals surface area contributed by atoms with Crippen LogP contribution in [0.1, 0.15) is 39.0 Å². The van der Waals surface area contributed by atoms with E-state index in [1.807, 2.05) is 0 Å². The van der Waals surface area contributed by atoms with Crippen LogP contribution >= 0.6 is 0 Å². The average Bonchev–Trinajstić information content (AvgIpc) is 3.06. The van der Waals surface area contributed by atoms with E-state index in [4.69, 9.17) is 4.74 Å². The minimum Gasteiger partial charge on any atom is -0.444 e. The Labute approximate surface area is 170 Å². The number of carbonyl (C=O) groups is 2. The molecule has 2 rings (SSSR count). The predicted molar refractivity (Wildman–Crippen MR) is 100 cm³/mol. The number of ether oxygens (including phenoxy) is 1. The second-order valence-electron chi connectivity index (χ2n) is 7.85. The van der Waals surface area contributed by atoms with Crippen molar-refractivity contribution in [1.29, 1.82) is 0 Å². The molecule has 0 bridgehead atoms. The number of alkyl carbamates (subject to hydrolysis) is 1. The Morgan fingerprint density at radius 3 is 2.33 bits per heavy atom. The van der Waals surface area contributed by atoms with Crippen molar-refractivity contribution in [3.05, 3.63) is 47.5 Å². The number of aromatic amines is 1. The number of amides is 2. The van der Waals surface area contributed by atoms with Gasteiger partial charge >= 0.3 is 18.2 Å². The van der Waals surface area contributed by atoms with Crippen LogP contribution in [-0.4, -0.2) is 34.0 Å². The molecular weight excluding hydrogens is 408 g/mol. The fourth-order valence-electron chi connectivity index (χ4n) is 2.72. The van der Waals surface area contributed by atoms with Crippen LogP contribution < -0.4 is 10.6 Å². The molecule has 1 atom stereocenters. The molecule has 0 spiro atoms. The summed E-state index contributed by atoms with van der Waals surface area (Å²) in [7, 11) is 0. The zero-order valence-electron chi connectivity index (χ0n) is 16.8. The number of benzene rings is 1. The molecule has 3 N–H and O–H groups in total. The van der Waals surface area contributed by atoms with Crippen molar-refractivity contribution in [2.24, 2.45) is 0 Å². The van der Waals surface area contributed by atoms with Gasteiger partial charge in [-0.25, -0.2) is 9.18 Å². The highest BCUT2D eigenvalue weighted by Crippen LogP contribution is 2.31. The minimum absolute atomic E-state index is 0.0106. The lowest BCUT2D eigenvalue weighted by Gasteiger charge is -2.32. The molecule has 0 fully saturated rings. The van der Waals surface area contributed by atoms with Crippen molar-refractivity contribution in [2.45, 2.75) is 51.4 Å². The van der Waals surface area contributed by atoms with Crippen molar-refractivity contribution < 1.29 is 31.9 Å². The summed E-state index contributed by atoms with van der Waals surface area (Å²) < 4.78 is 57.6. The van der Waals surface area contributed by atoms with Gasteiger partial charge in [0.2, 0.25) is 0 Å². The molecule has 0 aliphatic rings. The highest BCUT2D eigenvalue weighted by Gasteiger charge is 2.39. The first-order valence-corrected chi connectivity index (χ1v) is 8.88. The smallest absolute Gasteiger partial charge is 0.444 e. The number of rotatable bonds is 5. The number of aromatic nitrogens is 2. The molecular formula is C19H22F4N4O3. The molecule has 1 aromatic heterocycles. The lowest BCUT2D eigenvalue weighted by atomic mass is 9.86. The number of halogens is 4.